The van der Waals surface area contributed by atoms with Crippen LogP contribution in [0.25, 0.3) is 0 Å². The van der Waals surface area contributed by atoms with Crippen LogP contribution in [-0.4, -0.2) is 22.4 Å². The van der Waals surface area contributed by atoms with Crippen molar-refractivity contribution >= 4 is 12.2 Å². The second-order valence-corrected chi connectivity index (χ2v) is 5.49. The standard InChI is InChI=1S/C15H19N3O2/c19-14(11-12-5-2-1-3-6-12)20-15(8-4-9-16-15)13-7-10-17-18-13/h4,7-10,12H,1-3,5-6,11H2,(H,17,18). The molecule has 1 aromatic heterocycles. The van der Waals surface area contributed by atoms with Gasteiger partial charge in [-0.2, -0.15) is 5.10 Å². The molecule has 1 aromatic rings. The molecule has 3 rings (SSSR count). The molecule has 1 N–H and O–H groups in total. The number of aromatic nitrogens is 2. The van der Waals surface area contributed by atoms with Crippen molar-refractivity contribution in [3.8, 4) is 0 Å². The number of ether oxygens (including phenoxy) is 1. The van der Waals surface area contributed by atoms with Gasteiger partial charge in [0.25, 0.3) is 5.72 Å². The van der Waals surface area contributed by atoms with E-state index in [1.807, 2.05) is 0 Å². The molecule has 106 valence electrons. The molecule has 0 saturated heterocycles. The van der Waals surface area contributed by atoms with E-state index in [9.17, 15) is 4.79 Å². The number of hydrogen-bond donors (Lipinski definition) is 1. The lowest BCUT2D eigenvalue weighted by molar-refractivity contribution is -0.157. The smallest absolute Gasteiger partial charge is 0.308 e. The van der Waals surface area contributed by atoms with Crippen LogP contribution in [0.15, 0.2) is 29.4 Å². The van der Waals surface area contributed by atoms with Crippen molar-refractivity contribution in [3.63, 3.8) is 0 Å². The number of aromatic amines is 1. The van der Waals surface area contributed by atoms with Crippen molar-refractivity contribution in [1.29, 1.82) is 0 Å². The number of aliphatic imine (C=N–C) groups is 1. The van der Waals surface area contributed by atoms with E-state index in [1.165, 1.54) is 19.3 Å². The van der Waals surface area contributed by atoms with Crippen molar-refractivity contribution < 1.29 is 9.53 Å². The van der Waals surface area contributed by atoms with Gasteiger partial charge in [-0.1, -0.05) is 19.3 Å². The van der Waals surface area contributed by atoms with Crippen molar-refractivity contribution in [3.05, 3.63) is 30.1 Å². The Morgan fingerprint density at radius 1 is 1.40 bits per heavy atom. The van der Waals surface area contributed by atoms with Gasteiger partial charge in [0.1, 0.15) is 5.69 Å². The fourth-order valence-corrected chi connectivity index (χ4v) is 2.94. The van der Waals surface area contributed by atoms with Crippen LogP contribution in [0.4, 0.5) is 0 Å². The molecular weight excluding hydrogens is 254 g/mol. The van der Waals surface area contributed by atoms with Gasteiger partial charge in [0, 0.05) is 18.8 Å². The van der Waals surface area contributed by atoms with Gasteiger partial charge in [-0.3, -0.25) is 9.89 Å². The summed E-state index contributed by atoms with van der Waals surface area (Å²) < 4.78 is 5.65. The summed E-state index contributed by atoms with van der Waals surface area (Å²) in [5.74, 6) is 0.277. The normalized spacial score (nSPS) is 26.0. The Morgan fingerprint density at radius 3 is 2.90 bits per heavy atom. The maximum absolute atomic E-state index is 12.2. The van der Waals surface area contributed by atoms with Crippen LogP contribution in [0.1, 0.15) is 44.2 Å². The lowest BCUT2D eigenvalue weighted by Gasteiger charge is -2.25. The number of carbonyl (C=O) groups is 1. The van der Waals surface area contributed by atoms with Crippen LogP contribution < -0.4 is 0 Å². The van der Waals surface area contributed by atoms with E-state index in [0.717, 1.165) is 12.8 Å². The third-order valence-corrected chi connectivity index (χ3v) is 4.01. The molecule has 0 amide bonds. The van der Waals surface area contributed by atoms with Crippen molar-refractivity contribution in [2.75, 3.05) is 0 Å². The van der Waals surface area contributed by atoms with Gasteiger partial charge in [0.05, 0.1) is 0 Å². The molecule has 5 nitrogen and oxygen atoms in total. The van der Waals surface area contributed by atoms with E-state index in [-0.39, 0.29) is 5.97 Å². The van der Waals surface area contributed by atoms with Crippen LogP contribution in [0.5, 0.6) is 0 Å². The summed E-state index contributed by atoms with van der Waals surface area (Å²) in [6.07, 6.45) is 13.3. The molecular formula is C15H19N3O2. The minimum absolute atomic E-state index is 0.185. The predicted molar refractivity (Wildman–Crippen MR) is 75.2 cm³/mol. The third-order valence-electron chi connectivity index (χ3n) is 4.01. The van der Waals surface area contributed by atoms with Gasteiger partial charge in [-0.25, -0.2) is 4.99 Å². The Kier molecular flexibility index (Phi) is 3.67. The van der Waals surface area contributed by atoms with Crippen LogP contribution in [-0.2, 0) is 15.3 Å². The largest absolute Gasteiger partial charge is 0.427 e. The summed E-state index contributed by atoms with van der Waals surface area (Å²) in [6, 6.07) is 1.78. The number of hydrogen-bond acceptors (Lipinski definition) is 4. The maximum Gasteiger partial charge on any atom is 0.308 e. The zero-order valence-electron chi connectivity index (χ0n) is 11.4. The average Bonchev–Trinajstić information content (AvgIpc) is 3.10. The van der Waals surface area contributed by atoms with Crippen LogP contribution in [0, 0.1) is 5.92 Å². The molecule has 1 saturated carbocycles. The first-order valence-corrected chi connectivity index (χ1v) is 7.23. The molecule has 1 aliphatic carbocycles. The van der Waals surface area contributed by atoms with Gasteiger partial charge in [-0.15, -0.1) is 0 Å². The Hall–Kier alpha value is -1.91. The van der Waals surface area contributed by atoms with Gasteiger partial charge in [0.2, 0.25) is 0 Å². The number of carbonyl (C=O) groups excluding carboxylic acids is 1. The summed E-state index contributed by atoms with van der Waals surface area (Å²) in [5, 5.41) is 6.75. The quantitative estimate of drug-likeness (QED) is 0.858. The van der Waals surface area contributed by atoms with Gasteiger partial charge in [-0.05, 0) is 37.0 Å². The van der Waals surface area contributed by atoms with Crippen LogP contribution in [0.3, 0.4) is 0 Å². The number of esters is 1. The molecule has 0 spiro atoms. The highest BCUT2D eigenvalue weighted by Gasteiger charge is 2.36. The summed E-state index contributed by atoms with van der Waals surface area (Å²) in [6.45, 7) is 0. The van der Waals surface area contributed by atoms with Crippen LogP contribution in [0.2, 0.25) is 0 Å². The van der Waals surface area contributed by atoms with E-state index in [4.69, 9.17) is 4.74 Å². The molecule has 1 aliphatic heterocycles. The average molecular weight is 273 g/mol. The lowest BCUT2D eigenvalue weighted by Crippen LogP contribution is -2.29. The van der Waals surface area contributed by atoms with Crippen molar-refractivity contribution in [1.82, 2.24) is 10.2 Å². The third kappa shape index (κ3) is 2.66. The van der Waals surface area contributed by atoms with Gasteiger partial charge >= 0.3 is 5.97 Å². The Bertz CT molecular complexity index is 501. The number of nitrogens with zero attached hydrogens (tertiary/aromatic N) is 2. The first-order chi connectivity index (χ1) is 9.78. The summed E-state index contributed by atoms with van der Waals surface area (Å²) in [7, 11) is 0. The van der Waals surface area contributed by atoms with Crippen LogP contribution >= 0.6 is 0 Å². The fraction of sp³-hybridized carbons (Fsp3) is 0.533. The Balaban J connectivity index is 1.67. The van der Waals surface area contributed by atoms with Gasteiger partial charge in [0.15, 0.2) is 0 Å². The number of rotatable bonds is 4. The highest BCUT2D eigenvalue weighted by atomic mass is 16.6. The molecule has 2 heterocycles. The molecule has 1 atom stereocenters. The molecule has 2 aliphatic rings. The maximum atomic E-state index is 12.2. The zero-order chi connectivity index (χ0) is 13.8. The molecule has 0 aromatic carbocycles. The lowest BCUT2D eigenvalue weighted by atomic mass is 9.87. The predicted octanol–water partition coefficient (Wildman–Crippen LogP) is 2.72. The second-order valence-electron chi connectivity index (χ2n) is 5.49. The second kappa shape index (κ2) is 5.61. The topological polar surface area (TPSA) is 67.3 Å². The Morgan fingerprint density at radius 2 is 2.25 bits per heavy atom. The van der Waals surface area contributed by atoms with Crippen molar-refractivity contribution in [2.24, 2.45) is 10.9 Å². The van der Waals surface area contributed by atoms with E-state index in [1.54, 1.807) is 30.6 Å². The minimum atomic E-state index is -1.04. The number of H-pyrrole nitrogens is 1. The Labute approximate surface area is 118 Å². The van der Waals surface area contributed by atoms with Crippen molar-refractivity contribution in [2.45, 2.75) is 44.2 Å². The molecule has 0 radical (unpaired) electrons. The van der Waals surface area contributed by atoms with E-state index in [2.05, 4.69) is 15.2 Å². The molecule has 5 heteroatoms. The zero-order valence-corrected chi connectivity index (χ0v) is 11.4. The highest BCUT2D eigenvalue weighted by Crippen LogP contribution is 2.32. The molecule has 0 bridgehead atoms. The fourth-order valence-electron chi connectivity index (χ4n) is 2.94. The summed E-state index contributed by atoms with van der Waals surface area (Å²) in [4.78, 5) is 16.5. The summed E-state index contributed by atoms with van der Waals surface area (Å²) in [5.41, 5.74) is -0.359. The molecule has 20 heavy (non-hydrogen) atoms. The SMILES string of the molecule is O=C(CC1CCCCC1)OC1(c2ccn[nH]2)C=CC=N1. The number of nitrogens with one attached hydrogen (secondary N) is 1. The van der Waals surface area contributed by atoms with E-state index in [0.29, 0.717) is 18.0 Å². The first kappa shape index (κ1) is 13.1. The monoisotopic (exact) mass is 273 g/mol. The number of allylic oxidation sites excluding steroid dienone is 1. The van der Waals surface area contributed by atoms with Gasteiger partial charge < -0.3 is 4.74 Å². The van der Waals surface area contributed by atoms with E-state index >= 15 is 0 Å². The minimum Gasteiger partial charge on any atom is -0.427 e. The summed E-state index contributed by atoms with van der Waals surface area (Å²) >= 11 is 0. The first-order valence-electron chi connectivity index (χ1n) is 7.23. The molecule has 1 fully saturated rings. The highest BCUT2D eigenvalue weighted by molar-refractivity contribution is 5.77. The van der Waals surface area contributed by atoms with E-state index < -0.39 is 5.72 Å². The molecule has 1 unspecified atom stereocenters.